The van der Waals surface area contributed by atoms with Gasteiger partial charge >= 0.3 is 0 Å². The molecule has 2 aliphatic heterocycles. The molecule has 1 amide bonds. The Morgan fingerprint density at radius 2 is 2.14 bits per heavy atom. The van der Waals surface area contributed by atoms with Crippen LogP contribution in [0.5, 0.6) is 0 Å². The Labute approximate surface area is 204 Å². The number of fused-ring (bicyclic) bond motifs is 3. The van der Waals surface area contributed by atoms with Gasteiger partial charge in [0.25, 0.3) is 5.56 Å². The second kappa shape index (κ2) is 9.44. The maximum atomic E-state index is 14.7. The van der Waals surface area contributed by atoms with Crippen LogP contribution in [0.1, 0.15) is 29.8 Å². The lowest BCUT2D eigenvalue weighted by atomic mass is 9.88. The molecule has 1 saturated heterocycles. The van der Waals surface area contributed by atoms with Gasteiger partial charge in [-0.25, -0.2) is 13.8 Å². The maximum Gasteiger partial charge on any atom is 0.258 e. The van der Waals surface area contributed by atoms with Gasteiger partial charge in [-0.15, -0.1) is 11.3 Å². The summed E-state index contributed by atoms with van der Waals surface area (Å²) in [5.41, 5.74) is 1.17. The molecule has 0 radical (unpaired) electrons. The average molecular weight is 499 g/mol. The summed E-state index contributed by atoms with van der Waals surface area (Å²) >= 11 is 1.26. The molecule has 0 saturated carbocycles. The number of aliphatic hydroxyl groups is 1. The van der Waals surface area contributed by atoms with Crippen LogP contribution in [0, 0.1) is 23.5 Å². The van der Waals surface area contributed by atoms with Gasteiger partial charge in [0.15, 0.2) is 5.13 Å². The van der Waals surface area contributed by atoms with Crippen molar-refractivity contribution in [2.24, 2.45) is 11.8 Å². The van der Waals surface area contributed by atoms with Crippen molar-refractivity contribution < 1.29 is 18.7 Å². The van der Waals surface area contributed by atoms with Gasteiger partial charge in [-0.2, -0.15) is 0 Å². The molecule has 182 valence electrons. The molecular formula is C25H24F2N4O3S. The van der Waals surface area contributed by atoms with E-state index >= 15 is 0 Å². The zero-order valence-corrected chi connectivity index (χ0v) is 19.7. The first kappa shape index (κ1) is 23.5. The van der Waals surface area contributed by atoms with E-state index < -0.39 is 29.6 Å². The molecule has 0 bridgehead atoms. The number of amides is 1. The van der Waals surface area contributed by atoms with E-state index in [1.165, 1.54) is 11.3 Å². The fraction of sp³-hybridized carbons (Fsp3) is 0.320. The SMILES string of the molecule is C/C=C/c1ccc2n(c1=O)C[C@H]1[C@H](CO)[C@@H](C(=O)Nc3nccs3)N(Cc3cc(F)ccc3F)[C@@H]21. The highest BCUT2D eigenvalue weighted by molar-refractivity contribution is 7.13. The quantitative estimate of drug-likeness (QED) is 0.544. The standard InChI is InChI=1S/C25H24F2N4O3S/c1-2-3-14-4-7-20-21-17(12-30(20)24(14)34)18(13-32)22(23(33)29-25-28-8-9-35-25)31(21)11-15-10-16(26)5-6-19(15)27/h2-10,17-18,21-22,32H,11-13H2,1H3,(H,28,29,33)/b3-2+/t17-,18-,21+,22-/m0/s1. The van der Waals surface area contributed by atoms with E-state index in [0.717, 1.165) is 18.2 Å². The predicted octanol–water partition coefficient (Wildman–Crippen LogP) is 3.42. The molecule has 10 heteroatoms. The van der Waals surface area contributed by atoms with Crippen LogP contribution in [0.2, 0.25) is 0 Å². The van der Waals surface area contributed by atoms with Gasteiger partial charge in [-0.05, 0) is 37.3 Å². The average Bonchev–Trinajstić information content (AvgIpc) is 3.54. The van der Waals surface area contributed by atoms with E-state index in [9.17, 15) is 23.5 Å². The Morgan fingerprint density at radius 1 is 1.31 bits per heavy atom. The first-order valence-corrected chi connectivity index (χ1v) is 12.2. The number of carbonyl (C=O) groups is 1. The van der Waals surface area contributed by atoms with Gasteiger partial charge in [-0.1, -0.05) is 12.2 Å². The highest BCUT2D eigenvalue weighted by Gasteiger charge is 2.55. The molecule has 0 spiro atoms. The summed E-state index contributed by atoms with van der Waals surface area (Å²) in [6, 6.07) is 5.52. The number of benzene rings is 1. The van der Waals surface area contributed by atoms with Crippen molar-refractivity contribution in [3.8, 4) is 0 Å². The molecule has 1 fully saturated rings. The number of thiazole rings is 1. The van der Waals surface area contributed by atoms with Crippen LogP contribution in [0.25, 0.3) is 6.08 Å². The number of halogens is 2. The van der Waals surface area contributed by atoms with E-state index in [4.69, 9.17) is 0 Å². The minimum atomic E-state index is -0.833. The molecule has 35 heavy (non-hydrogen) atoms. The van der Waals surface area contributed by atoms with Crippen molar-refractivity contribution in [3.05, 3.63) is 86.8 Å². The number of likely N-dealkylation sites (tertiary alicyclic amines) is 1. The topological polar surface area (TPSA) is 87.5 Å². The molecule has 4 heterocycles. The second-order valence-corrected chi connectivity index (χ2v) is 9.66. The van der Waals surface area contributed by atoms with Gasteiger partial charge in [0, 0.05) is 59.9 Å². The molecular weight excluding hydrogens is 474 g/mol. The Balaban J connectivity index is 1.60. The predicted molar refractivity (Wildman–Crippen MR) is 129 cm³/mol. The number of aliphatic hydroxyl groups excluding tert-OH is 1. The van der Waals surface area contributed by atoms with Crippen molar-refractivity contribution >= 4 is 28.5 Å². The number of aromatic nitrogens is 2. The first-order valence-electron chi connectivity index (χ1n) is 11.3. The number of carbonyl (C=O) groups excluding carboxylic acids is 1. The lowest BCUT2D eigenvalue weighted by Gasteiger charge is -2.30. The number of rotatable bonds is 6. The van der Waals surface area contributed by atoms with Crippen molar-refractivity contribution in [3.63, 3.8) is 0 Å². The third-order valence-electron chi connectivity index (χ3n) is 6.86. The Bertz CT molecular complexity index is 1340. The summed E-state index contributed by atoms with van der Waals surface area (Å²) < 4.78 is 30.3. The summed E-state index contributed by atoms with van der Waals surface area (Å²) in [4.78, 5) is 32.4. The van der Waals surface area contributed by atoms with Crippen molar-refractivity contribution in [1.29, 1.82) is 0 Å². The van der Waals surface area contributed by atoms with Gasteiger partial charge in [-0.3, -0.25) is 14.5 Å². The number of anilines is 1. The van der Waals surface area contributed by atoms with Gasteiger partial charge in [0.05, 0.1) is 12.1 Å². The summed E-state index contributed by atoms with van der Waals surface area (Å²) in [6.07, 6.45) is 5.09. The van der Waals surface area contributed by atoms with Crippen LogP contribution in [0.15, 0.2) is 52.8 Å². The maximum absolute atomic E-state index is 14.7. The van der Waals surface area contributed by atoms with Crippen molar-refractivity contribution in [2.45, 2.75) is 32.1 Å². The Hall–Kier alpha value is -3.21. The van der Waals surface area contributed by atoms with Crippen molar-refractivity contribution in [2.75, 3.05) is 11.9 Å². The number of nitrogens with zero attached hydrogens (tertiary/aromatic N) is 3. The van der Waals surface area contributed by atoms with E-state index in [-0.39, 0.29) is 36.1 Å². The third kappa shape index (κ3) is 4.11. The molecule has 7 nitrogen and oxygen atoms in total. The molecule has 2 N–H and O–H groups in total. The molecule has 1 aromatic carbocycles. The van der Waals surface area contributed by atoms with Crippen molar-refractivity contribution in [1.82, 2.24) is 14.5 Å². The summed E-state index contributed by atoms with van der Waals surface area (Å²) in [5.74, 6) is -2.35. The molecule has 5 rings (SSSR count). The largest absolute Gasteiger partial charge is 0.396 e. The van der Waals surface area contributed by atoms with E-state index in [1.807, 2.05) is 13.0 Å². The summed E-state index contributed by atoms with van der Waals surface area (Å²) in [6.45, 7) is 1.78. The first-order chi connectivity index (χ1) is 16.9. The molecule has 0 unspecified atom stereocenters. The minimum absolute atomic E-state index is 0.0674. The number of pyridine rings is 1. The van der Waals surface area contributed by atoms with Crippen LogP contribution in [0.3, 0.4) is 0 Å². The molecule has 2 aromatic heterocycles. The monoisotopic (exact) mass is 498 g/mol. The van der Waals surface area contributed by atoms with Crippen LogP contribution in [-0.4, -0.2) is 38.1 Å². The Kier molecular flexibility index (Phi) is 6.35. The lowest BCUT2D eigenvalue weighted by Crippen LogP contribution is -2.45. The summed E-state index contributed by atoms with van der Waals surface area (Å²) in [5, 5.41) is 15.3. The van der Waals surface area contributed by atoms with Gasteiger partial charge < -0.3 is 15.0 Å². The fourth-order valence-electron chi connectivity index (χ4n) is 5.43. The van der Waals surface area contributed by atoms with Crippen LogP contribution >= 0.6 is 11.3 Å². The number of hydrogen-bond acceptors (Lipinski definition) is 6. The second-order valence-electron chi connectivity index (χ2n) is 8.76. The van der Waals surface area contributed by atoms with Gasteiger partial charge in [0.1, 0.15) is 11.6 Å². The van der Waals surface area contributed by atoms with E-state index in [2.05, 4.69) is 10.3 Å². The molecule has 4 atom stereocenters. The fourth-order valence-corrected chi connectivity index (χ4v) is 5.97. The molecule has 3 aromatic rings. The summed E-state index contributed by atoms with van der Waals surface area (Å²) in [7, 11) is 0. The molecule has 2 aliphatic rings. The Morgan fingerprint density at radius 3 is 2.86 bits per heavy atom. The normalized spacial score (nSPS) is 23.5. The van der Waals surface area contributed by atoms with Gasteiger partial charge in [0.2, 0.25) is 5.91 Å². The smallest absolute Gasteiger partial charge is 0.258 e. The van der Waals surface area contributed by atoms with E-state index in [0.29, 0.717) is 22.9 Å². The van der Waals surface area contributed by atoms with Crippen LogP contribution < -0.4 is 10.9 Å². The highest BCUT2D eigenvalue weighted by atomic mass is 32.1. The third-order valence-corrected chi connectivity index (χ3v) is 7.55. The number of allylic oxidation sites excluding steroid dienone is 1. The number of hydrogen-bond donors (Lipinski definition) is 2. The highest BCUT2D eigenvalue weighted by Crippen LogP contribution is 2.50. The van der Waals surface area contributed by atoms with Crippen LogP contribution in [0.4, 0.5) is 13.9 Å². The zero-order chi connectivity index (χ0) is 24.7. The lowest BCUT2D eigenvalue weighted by molar-refractivity contribution is -0.122. The molecule has 0 aliphatic carbocycles. The van der Waals surface area contributed by atoms with Crippen LogP contribution in [-0.2, 0) is 17.9 Å². The number of nitrogens with one attached hydrogen (secondary N) is 1. The minimum Gasteiger partial charge on any atom is -0.396 e. The van der Waals surface area contributed by atoms with E-state index in [1.54, 1.807) is 39.3 Å². The zero-order valence-electron chi connectivity index (χ0n) is 18.9.